The van der Waals surface area contributed by atoms with Gasteiger partial charge in [-0.25, -0.2) is 15.0 Å². The summed E-state index contributed by atoms with van der Waals surface area (Å²) in [5.74, 6) is -0.332. The zero-order valence-corrected chi connectivity index (χ0v) is 17.6. The van der Waals surface area contributed by atoms with Gasteiger partial charge in [-0.1, -0.05) is 0 Å². The number of hydrogen-bond donors (Lipinski definition) is 3. The van der Waals surface area contributed by atoms with Gasteiger partial charge in [-0.15, -0.1) is 11.3 Å². The predicted octanol–water partition coefficient (Wildman–Crippen LogP) is 2.13. The van der Waals surface area contributed by atoms with E-state index in [0.29, 0.717) is 24.7 Å². The van der Waals surface area contributed by atoms with Gasteiger partial charge in [0, 0.05) is 62.7 Å². The number of aromatic amines is 1. The molecule has 9 nitrogen and oxygen atoms in total. The first-order valence-electron chi connectivity index (χ1n) is 9.61. The minimum atomic E-state index is -0.615. The fraction of sp³-hybridized carbons (Fsp3) is 0.368. The van der Waals surface area contributed by atoms with Crippen LogP contribution in [-0.2, 0) is 6.54 Å². The Balaban J connectivity index is 1.31. The molecule has 1 aliphatic heterocycles. The first kappa shape index (κ1) is 20.2. The molecule has 1 aliphatic rings. The summed E-state index contributed by atoms with van der Waals surface area (Å²) in [5, 5.41) is 6.42. The number of piperazine rings is 1. The second-order valence-corrected chi connectivity index (χ2v) is 8.14. The largest absolute Gasteiger partial charge is 0.365 e. The Labute approximate surface area is 177 Å². The fourth-order valence-corrected chi connectivity index (χ4v) is 4.15. The minimum absolute atomic E-state index is 0.0803. The van der Waals surface area contributed by atoms with E-state index < -0.39 is 11.9 Å². The van der Waals surface area contributed by atoms with Crippen LogP contribution in [0.4, 0.5) is 21.2 Å². The van der Waals surface area contributed by atoms with Crippen molar-refractivity contribution in [2.24, 2.45) is 0 Å². The summed E-state index contributed by atoms with van der Waals surface area (Å²) in [6.45, 7) is 5.72. The number of thiazole rings is 1. The number of rotatable bonds is 6. The van der Waals surface area contributed by atoms with Crippen molar-refractivity contribution in [3.8, 4) is 0 Å². The Bertz CT molecular complexity index is 1030. The Kier molecular flexibility index (Phi) is 5.91. The third kappa shape index (κ3) is 4.57. The Hall–Kier alpha value is -3.05. The zero-order valence-electron chi connectivity index (χ0n) is 16.8. The van der Waals surface area contributed by atoms with Gasteiger partial charge >= 0.3 is 0 Å². The molecule has 1 amide bonds. The van der Waals surface area contributed by atoms with Crippen LogP contribution in [0.5, 0.6) is 0 Å². The Morgan fingerprint density at radius 2 is 2.03 bits per heavy atom. The summed E-state index contributed by atoms with van der Waals surface area (Å²) in [4.78, 5) is 32.6. The van der Waals surface area contributed by atoms with Crippen LogP contribution in [-0.4, -0.2) is 64.0 Å². The van der Waals surface area contributed by atoms with E-state index >= 15 is 0 Å². The monoisotopic (exact) mass is 430 g/mol. The predicted molar refractivity (Wildman–Crippen MR) is 114 cm³/mol. The van der Waals surface area contributed by atoms with Crippen molar-refractivity contribution >= 4 is 34.0 Å². The van der Waals surface area contributed by atoms with E-state index in [1.54, 1.807) is 29.7 Å². The molecule has 11 heteroatoms. The number of amides is 1. The number of aryl methyl sites for hydroxylation is 1. The fourth-order valence-electron chi connectivity index (χ4n) is 3.30. The average molecular weight is 431 g/mol. The van der Waals surface area contributed by atoms with E-state index in [0.717, 1.165) is 35.3 Å². The number of pyridine rings is 1. The van der Waals surface area contributed by atoms with Crippen molar-refractivity contribution in [1.82, 2.24) is 30.2 Å². The van der Waals surface area contributed by atoms with Crippen LogP contribution in [0.25, 0.3) is 0 Å². The summed E-state index contributed by atoms with van der Waals surface area (Å²) in [7, 11) is 1.50. The molecule has 3 aromatic rings. The first-order valence-corrected chi connectivity index (χ1v) is 10.4. The molecule has 0 aromatic carbocycles. The second-order valence-electron chi connectivity index (χ2n) is 7.02. The number of imidazole rings is 1. The molecular formula is C19H23FN8OS. The van der Waals surface area contributed by atoms with Crippen LogP contribution in [0.1, 0.15) is 21.1 Å². The van der Waals surface area contributed by atoms with E-state index in [-0.39, 0.29) is 5.69 Å². The lowest BCUT2D eigenvalue weighted by Crippen LogP contribution is -2.46. The lowest BCUT2D eigenvalue weighted by Gasteiger charge is -2.35. The molecule has 1 saturated heterocycles. The van der Waals surface area contributed by atoms with Crippen molar-refractivity contribution in [3.05, 3.63) is 46.7 Å². The summed E-state index contributed by atoms with van der Waals surface area (Å²) in [6, 6.07) is 3.18. The van der Waals surface area contributed by atoms with Gasteiger partial charge in [0.2, 0.25) is 11.9 Å². The Morgan fingerprint density at radius 3 is 2.70 bits per heavy atom. The summed E-state index contributed by atoms with van der Waals surface area (Å²) < 4.78 is 14.4. The van der Waals surface area contributed by atoms with Crippen LogP contribution in [0, 0.1) is 12.9 Å². The van der Waals surface area contributed by atoms with E-state index in [2.05, 4.69) is 35.5 Å². The number of hydrogen-bond acceptors (Lipinski definition) is 8. The quantitative estimate of drug-likeness (QED) is 0.515. The number of H-pyrrole nitrogens is 1. The van der Waals surface area contributed by atoms with Crippen molar-refractivity contribution < 1.29 is 9.18 Å². The van der Waals surface area contributed by atoms with Crippen molar-refractivity contribution in [2.45, 2.75) is 13.5 Å². The molecule has 3 aromatic heterocycles. The molecule has 0 saturated carbocycles. The third-order valence-electron chi connectivity index (χ3n) is 4.86. The van der Waals surface area contributed by atoms with E-state index in [1.807, 2.05) is 18.0 Å². The average Bonchev–Trinajstić information content (AvgIpc) is 3.36. The van der Waals surface area contributed by atoms with Gasteiger partial charge in [-0.2, -0.15) is 4.39 Å². The van der Waals surface area contributed by atoms with Crippen LogP contribution in [0.15, 0.2) is 24.5 Å². The first-order chi connectivity index (χ1) is 14.5. The van der Waals surface area contributed by atoms with Crippen LogP contribution >= 0.6 is 11.3 Å². The Morgan fingerprint density at radius 1 is 1.23 bits per heavy atom. The highest BCUT2D eigenvalue weighted by atomic mass is 32.1. The molecular weight excluding hydrogens is 407 g/mol. The second kappa shape index (κ2) is 8.76. The molecule has 0 radical (unpaired) electrons. The van der Waals surface area contributed by atoms with Gasteiger partial charge in [0.05, 0.1) is 5.69 Å². The summed E-state index contributed by atoms with van der Waals surface area (Å²) in [5.41, 5.74) is 1.50. The SMILES string of the molecule is CNC(=O)c1ccc(N2CCN(Cc3cnc(Nc4ncc(C)[nH]4)s3)CC2)c(F)n1. The maximum Gasteiger partial charge on any atom is 0.269 e. The standard InChI is InChI=1S/C19H23FN8OS/c1-12-9-22-18(24-12)26-19-23-10-13(30-19)11-27-5-7-28(8-6-27)15-4-3-14(17(29)21-2)25-16(15)20/h3-4,9-10H,5-8,11H2,1-2H3,(H,21,29)(H2,22,23,24,26). The van der Waals surface area contributed by atoms with Gasteiger partial charge < -0.3 is 20.5 Å². The molecule has 30 heavy (non-hydrogen) atoms. The molecule has 0 aliphatic carbocycles. The summed E-state index contributed by atoms with van der Waals surface area (Å²) >= 11 is 1.59. The van der Waals surface area contributed by atoms with Gasteiger partial charge in [0.1, 0.15) is 5.69 Å². The normalized spacial score (nSPS) is 14.7. The maximum absolute atomic E-state index is 14.4. The molecule has 0 bridgehead atoms. The van der Waals surface area contributed by atoms with Crippen molar-refractivity contribution in [3.63, 3.8) is 0 Å². The number of anilines is 3. The molecule has 0 spiro atoms. The van der Waals surface area contributed by atoms with E-state index in [9.17, 15) is 9.18 Å². The van der Waals surface area contributed by atoms with Crippen molar-refractivity contribution in [2.75, 3.05) is 43.4 Å². The molecule has 158 valence electrons. The molecule has 0 unspecified atom stereocenters. The highest BCUT2D eigenvalue weighted by molar-refractivity contribution is 7.15. The lowest BCUT2D eigenvalue weighted by molar-refractivity contribution is 0.0957. The lowest BCUT2D eigenvalue weighted by atomic mass is 10.2. The number of aromatic nitrogens is 4. The van der Waals surface area contributed by atoms with Gasteiger partial charge in [-0.3, -0.25) is 9.69 Å². The molecule has 4 rings (SSSR count). The highest BCUT2D eigenvalue weighted by Gasteiger charge is 2.21. The van der Waals surface area contributed by atoms with Crippen LogP contribution in [0.3, 0.4) is 0 Å². The molecule has 3 N–H and O–H groups in total. The maximum atomic E-state index is 14.4. The number of carbonyl (C=O) groups excluding carboxylic acids is 1. The molecule has 0 atom stereocenters. The number of nitrogens with one attached hydrogen (secondary N) is 3. The van der Waals surface area contributed by atoms with Crippen LogP contribution in [0.2, 0.25) is 0 Å². The molecule has 1 fully saturated rings. The zero-order chi connectivity index (χ0) is 21.1. The summed E-state index contributed by atoms with van der Waals surface area (Å²) in [6.07, 6.45) is 3.64. The number of halogens is 1. The van der Waals surface area contributed by atoms with Gasteiger partial charge in [0.25, 0.3) is 5.91 Å². The van der Waals surface area contributed by atoms with Gasteiger partial charge in [-0.05, 0) is 19.1 Å². The van der Waals surface area contributed by atoms with Crippen LogP contribution < -0.4 is 15.5 Å². The minimum Gasteiger partial charge on any atom is -0.365 e. The third-order valence-corrected chi connectivity index (χ3v) is 5.76. The smallest absolute Gasteiger partial charge is 0.269 e. The van der Waals surface area contributed by atoms with Crippen molar-refractivity contribution in [1.29, 1.82) is 0 Å². The van der Waals surface area contributed by atoms with E-state index in [1.165, 1.54) is 7.05 Å². The van der Waals surface area contributed by atoms with E-state index in [4.69, 9.17) is 0 Å². The highest BCUT2D eigenvalue weighted by Crippen LogP contribution is 2.24. The number of nitrogens with zero attached hydrogens (tertiary/aromatic N) is 5. The van der Waals surface area contributed by atoms with Gasteiger partial charge in [0.15, 0.2) is 5.13 Å². The topological polar surface area (TPSA) is 102 Å². The molecule has 4 heterocycles. The number of carbonyl (C=O) groups is 1.